The molecule has 2 nitrogen and oxygen atoms in total. The Morgan fingerprint density at radius 3 is 0.955 bits per heavy atom. The van der Waals surface area contributed by atoms with Crippen molar-refractivity contribution in [3.05, 3.63) is 0 Å². The van der Waals surface area contributed by atoms with Crippen LogP contribution in [0.15, 0.2) is 0 Å². The minimum absolute atomic E-state index is 4.76. The molecule has 0 saturated carbocycles. The van der Waals surface area contributed by atoms with Crippen molar-refractivity contribution in [3.63, 3.8) is 0 Å². The van der Waals surface area contributed by atoms with Crippen molar-refractivity contribution < 1.29 is 67.3 Å². The summed E-state index contributed by atoms with van der Waals surface area (Å²) in [7, 11) is 0. The van der Waals surface area contributed by atoms with Gasteiger partial charge in [-0.15, -0.1) is 0 Å². The summed E-state index contributed by atoms with van der Waals surface area (Å²) in [5, 5.41) is 15.5. The van der Waals surface area contributed by atoms with Crippen LogP contribution in [-0.4, -0.2) is 52.3 Å². The third kappa shape index (κ3) is 2.47. The molecule has 0 saturated heterocycles. The molecule has 0 radical (unpaired) electrons. The number of hydrogen-bond donors (Lipinski definition) is 2. The molecule has 0 aliphatic carbocycles. The maximum atomic E-state index is 12.7. The summed E-state index contributed by atoms with van der Waals surface area (Å²) in [6.45, 7) is 0. The zero-order valence-electron chi connectivity index (χ0n) is 9.39. The van der Waals surface area contributed by atoms with E-state index in [1.165, 1.54) is 0 Å². The van der Waals surface area contributed by atoms with Gasteiger partial charge < -0.3 is 10.2 Å². The monoisotopic (exact) mass is 366 g/mol. The van der Waals surface area contributed by atoms with Gasteiger partial charge in [-0.25, -0.2) is 0 Å². The Morgan fingerprint density at radius 2 is 0.727 bits per heavy atom. The normalized spacial score (nSPS) is 16.4. The largest absolute Gasteiger partial charge is 0.460 e. The van der Waals surface area contributed by atoms with Gasteiger partial charge >= 0.3 is 35.8 Å². The van der Waals surface area contributed by atoms with Crippen LogP contribution < -0.4 is 0 Å². The lowest BCUT2D eigenvalue weighted by molar-refractivity contribution is -0.450. The van der Waals surface area contributed by atoms with E-state index in [1.54, 1.807) is 0 Å². The molecule has 0 fully saturated rings. The molecule has 134 valence electrons. The van der Waals surface area contributed by atoms with Crippen molar-refractivity contribution in [1.82, 2.24) is 0 Å². The molecular formula is C7H3F13O2. The van der Waals surface area contributed by atoms with E-state index < -0.39 is 42.1 Å². The molecule has 0 atom stereocenters. The van der Waals surface area contributed by atoms with E-state index in [0.717, 1.165) is 0 Å². The molecule has 0 aliphatic heterocycles. The third-order valence-corrected chi connectivity index (χ3v) is 2.28. The number of aliphatic hydroxyl groups is 2. The second kappa shape index (κ2) is 5.01. The Bertz CT molecular complexity index is 409. The highest BCUT2D eigenvalue weighted by molar-refractivity contribution is 5.10. The Morgan fingerprint density at radius 1 is 0.455 bits per heavy atom. The minimum atomic E-state index is -8.04. The van der Waals surface area contributed by atoms with Crippen molar-refractivity contribution in [2.75, 3.05) is 0 Å². The quantitative estimate of drug-likeness (QED) is 0.580. The van der Waals surface area contributed by atoms with Crippen LogP contribution in [0.3, 0.4) is 0 Å². The number of rotatable bonds is 5. The second-order valence-corrected chi connectivity index (χ2v) is 3.79. The van der Waals surface area contributed by atoms with Crippen LogP contribution in [-0.2, 0) is 0 Å². The van der Waals surface area contributed by atoms with E-state index in [4.69, 9.17) is 10.2 Å². The number of aliphatic hydroxyl groups excluding tert-OH is 1. The topological polar surface area (TPSA) is 40.5 Å². The van der Waals surface area contributed by atoms with Crippen LogP contribution in [0.5, 0.6) is 0 Å². The Hall–Kier alpha value is -0.990. The van der Waals surface area contributed by atoms with Gasteiger partial charge in [0.25, 0.3) is 0 Å². The first kappa shape index (κ1) is 21.0. The molecule has 0 aliphatic rings. The van der Waals surface area contributed by atoms with Gasteiger partial charge in [0.2, 0.25) is 6.29 Å². The molecular weight excluding hydrogens is 363 g/mol. The van der Waals surface area contributed by atoms with Crippen LogP contribution in [0.25, 0.3) is 0 Å². The fraction of sp³-hybridized carbons (Fsp3) is 1.00. The van der Waals surface area contributed by atoms with Crippen LogP contribution in [0.2, 0.25) is 0 Å². The molecule has 0 unspecified atom stereocenters. The summed E-state index contributed by atoms with van der Waals surface area (Å²) in [4.78, 5) is 0. The predicted molar refractivity (Wildman–Crippen MR) is 39.0 cm³/mol. The first-order chi connectivity index (χ1) is 9.19. The molecule has 0 rings (SSSR count). The standard InChI is InChI=1S/C7H3F13O2/c8-2(9,1(21)22)3(10,11)4(12,13)5(14,15)6(16,17)7(18,19)20/h1,21-22H. The summed E-state index contributed by atoms with van der Waals surface area (Å²) in [5.74, 6) is -38.4. The lowest BCUT2D eigenvalue weighted by atomic mass is 9.94. The van der Waals surface area contributed by atoms with Gasteiger partial charge in [0.15, 0.2) is 0 Å². The zero-order valence-corrected chi connectivity index (χ0v) is 9.39. The molecule has 0 aromatic carbocycles. The molecule has 0 aromatic heterocycles. The van der Waals surface area contributed by atoms with E-state index in [1.807, 2.05) is 0 Å². The first-order valence-corrected chi connectivity index (χ1v) is 4.51. The van der Waals surface area contributed by atoms with Crippen LogP contribution in [0.4, 0.5) is 57.1 Å². The van der Waals surface area contributed by atoms with Gasteiger partial charge in [0.1, 0.15) is 0 Å². The smallest absolute Gasteiger partial charge is 0.363 e. The van der Waals surface area contributed by atoms with Crippen LogP contribution in [0, 0.1) is 0 Å². The summed E-state index contributed by atoms with van der Waals surface area (Å²) in [6, 6.07) is 0. The zero-order chi connectivity index (χ0) is 18.6. The molecule has 22 heavy (non-hydrogen) atoms. The Balaban J connectivity index is 6.24. The fourth-order valence-electron chi connectivity index (χ4n) is 0.944. The van der Waals surface area contributed by atoms with E-state index in [-0.39, 0.29) is 0 Å². The molecule has 0 spiro atoms. The molecule has 0 aromatic rings. The van der Waals surface area contributed by atoms with Crippen LogP contribution >= 0.6 is 0 Å². The lowest BCUT2D eigenvalue weighted by Gasteiger charge is -2.39. The molecule has 0 amide bonds. The third-order valence-electron chi connectivity index (χ3n) is 2.28. The molecule has 0 heterocycles. The minimum Gasteiger partial charge on any atom is -0.363 e. The average Bonchev–Trinajstić information content (AvgIpc) is 2.25. The van der Waals surface area contributed by atoms with E-state index in [9.17, 15) is 57.1 Å². The first-order valence-electron chi connectivity index (χ1n) is 4.51. The fourth-order valence-corrected chi connectivity index (χ4v) is 0.944. The molecule has 15 heteroatoms. The van der Waals surface area contributed by atoms with E-state index >= 15 is 0 Å². The number of halogens is 13. The van der Waals surface area contributed by atoms with E-state index in [2.05, 4.69) is 0 Å². The summed E-state index contributed by atoms with van der Waals surface area (Å²) < 4.78 is 160. The van der Waals surface area contributed by atoms with Crippen molar-refractivity contribution in [3.8, 4) is 0 Å². The lowest BCUT2D eigenvalue weighted by Crippen LogP contribution is -2.71. The Labute approximate surface area is 111 Å². The van der Waals surface area contributed by atoms with Gasteiger partial charge in [-0.1, -0.05) is 0 Å². The van der Waals surface area contributed by atoms with Gasteiger partial charge in [-0.05, 0) is 0 Å². The van der Waals surface area contributed by atoms with Gasteiger partial charge in [0.05, 0.1) is 0 Å². The number of hydrogen-bond acceptors (Lipinski definition) is 2. The maximum absolute atomic E-state index is 12.7. The van der Waals surface area contributed by atoms with Gasteiger partial charge in [-0.3, -0.25) is 0 Å². The van der Waals surface area contributed by atoms with Gasteiger partial charge in [0, 0.05) is 0 Å². The van der Waals surface area contributed by atoms with Gasteiger partial charge in [-0.2, -0.15) is 57.1 Å². The number of alkyl halides is 13. The van der Waals surface area contributed by atoms with Crippen molar-refractivity contribution in [1.29, 1.82) is 0 Å². The second-order valence-electron chi connectivity index (χ2n) is 3.79. The average molecular weight is 366 g/mol. The summed E-state index contributed by atoms with van der Waals surface area (Å²) >= 11 is 0. The Kier molecular flexibility index (Phi) is 4.78. The molecule has 0 bridgehead atoms. The predicted octanol–water partition coefficient (Wildman–Crippen LogP) is 3.04. The highest BCUT2D eigenvalue weighted by Gasteiger charge is 2.91. The molecule has 2 N–H and O–H groups in total. The highest BCUT2D eigenvalue weighted by atomic mass is 19.4. The highest BCUT2D eigenvalue weighted by Crippen LogP contribution is 2.60. The van der Waals surface area contributed by atoms with Crippen LogP contribution in [0.1, 0.15) is 0 Å². The van der Waals surface area contributed by atoms with Crippen molar-refractivity contribution in [2.45, 2.75) is 42.1 Å². The van der Waals surface area contributed by atoms with E-state index in [0.29, 0.717) is 0 Å². The maximum Gasteiger partial charge on any atom is 0.460 e. The van der Waals surface area contributed by atoms with Crippen molar-refractivity contribution >= 4 is 0 Å². The summed E-state index contributed by atoms with van der Waals surface area (Å²) in [5.41, 5.74) is 0. The SMILES string of the molecule is OC(O)C(F)(F)C(F)(F)C(F)(F)C(F)(F)C(F)(F)C(F)(F)F. The summed E-state index contributed by atoms with van der Waals surface area (Å²) in [6.07, 6.45) is -12.3. The van der Waals surface area contributed by atoms with Crippen molar-refractivity contribution in [2.24, 2.45) is 0 Å².